The molecule has 0 amide bonds. The second-order valence-corrected chi connectivity index (χ2v) is 5.63. The number of benzene rings is 2. The highest BCUT2D eigenvalue weighted by atomic mass is 79.9. The van der Waals surface area contributed by atoms with Gasteiger partial charge in [0.05, 0.1) is 11.3 Å². The molecule has 0 aliphatic carbocycles. The van der Waals surface area contributed by atoms with E-state index in [0.29, 0.717) is 5.69 Å². The third-order valence-corrected chi connectivity index (χ3v) is 3.85. The Labute approximate surface area is 127 Å². The Morgan fingerprint density at radius 2 is 1.76 bits per heavy atom. The van der Waals surface area contributed by atoms with Crippen LogP contribution in [0, 0.1) is 6.92 Å². The molecule has 2 N–H and O–H groups in total. The molecular formula is C15H11BrN2O3. The molecule has 0 unspecified atom stereocenters. The van der Waals surface area contributed by atoms with Crippen molar-refractivity contribution >= 4 is 26.7 Å². The third kappa shape index (κ3) is 2.27. The standard InChI is InChI=1S/C15H11BrN2O3/c1-8-13(19)17-15(21)18(14(8)20)12-5-3-9-6-11(16)4-2-10(9)7-12/h2-7,20H,1H3,(H,17,19,21). The fourth-order valence-electron chi connectivity index (χ4n) is 2.19. The zero-order valence-corrected chi connectivity index (χ0v) is 12.6. The van der Waals surface area contributed by atoms with Gasteiger partial charge in [0.15, 0.2) is 0 Å². The van der Waals surface area contributed by atoms with Gasteiger partial charge in [0.1, 0.15) is 0 Å². The number of hydrogen-bond donors (Lipinski definition) is 2. The van der Waals surface area contributed by atoms with Crippen molar-refractivity contribution in [3.05, 3.63) is 67.3 Å². The Balaban J connectivity index is 2.31. The maximum Gasteiger partial charge on any atom is 0.335 e. The molecule has 0 saturated heterocycles. The highest BCUT2D eigenvalue weighted by Gasteiger charge is 2.12. The summed E-state index contributed by atoms with van der Waals surface area (Å²) in [5.74, 6) is -0.347. The molecule has 0 radical (unpaired) electrons. The van der Waals surface area contributed by atoms with Crippen LogP contribution in [0.15, 0.2) is 50.5 Å². The van der Waals surface area contributed by atoms with Crippen molar-refractivity contribution in [2.75, 3.05) is 0 Å². The molecule has 3 rings (SSSR count). The van der Waals surface area contributed by atoms with Gasteiger partial charge in [0.25, 0.3) is 5.56 Å². The SMILES string of the molecule is Cc1c(O)n(-c2ccc3cc(Br)ccc3c2)c(=O)[nH]c1=O. The molecular weight excluding hydrogens is 336 g/mol. The number of fused-ring (bicyclic) bond motifs is 1. The van der Waals surface area contributed by atoms with Crippen LogP contribution in [-0.4, -0.2) is 14.7 Å². The van der Waals surface area contributed by atoms with E-state index in [4.69, 9.17) is 0 Å². The van der Waals surface area contributed by atoms with E-state index < -0.39 is 11.2 Å². The highest BCUT2D eigenvalue weighted by molar-refractivity contribution is 9.10. The monoisotopic (exact) mass is 346 g/mol. The zero-order chi connectivity index (χ0) is 15.1. The first-order valence-corrected chi connectivity index (χ1v) is 7.01. The van der Waals surface area contributed by atoms with E-state index in [1.165, 1.54) is 6.92 Å². The molecule has 0 aliphatic rings. The van der Waals surface area contributed by atoms with Crippen molar-refractivity contribution in [2.24, 2.45) is 0 Å². The number of H-pyrrole nitrogens is 1. The molecule has 5 nitrogen and oxygen atoms in total. The smallest absolute Gasteiger partial charge is 0.335 e. The van der Waals surface area contributed by atoms with E-state index in [0.717, 1.165) is 19.8 Å². The number of hydrogen-bond acceptors (Lipinski definition) is 3. The lowest BCUT2D eigenvalue weighted by Gasteiger charge is -2.10. The van der Waals surface area contributed by atoms with E-state index >= 15 is 0 Å². The van der Waals surface area contributed by atoms with Gasteiger partial charge in [-0.05, 0) is 42.0 Å². The summed E-state index contributed by atoms with van der Waals surface area (Å²) in [4.78, 5) is 25.6. The van der Waals surface area contributed by atoms with Crippen molar-refractivity contribution in [3.8, 4) is 11.6 Å². The molecule has 21 heavy (non-hydrogen) atoms. The van der Waals surface area contributed by atoms with Crippen LogP contribution in [0.1, 0.15) is 5.56 Å². The maximum atomic E-state index is 11.9. The molecule has 6 heteroatoms. The first-order chi connectivity index (χ1) is 9.97. The van der Waals surface area contributed by atoms with Crippen molar-refractivity contribution in [3.63, 3.8) is 0 Å². The van der Waals surface area contributed by atoms with E-state index in [2.05, 4.69) is 20.9 Å². The predicted molar refractivity (Wildman–Crippen MR) is 84.3 cm³/mol. The Morgan fingerprint density at radius 1 is 1.10 bits per heavy atom. The minimum atomic E-state index is -0.667. The van der Waals surface area contributed by atoms with Crippen LogP contribution >= 0.6 is 15.9 Å². The van der Waals surface area contributed by atoms with Crippen molar-refractivity contribution < 1.29 is 5.11 Å². The van der Waals surface area contributed by atoms with E-state index in [-0.39, 0.29) is 11.4 Å². The van der Waals surface area contributed by atoms with Gasteiger partial charge in [-0.2, -0.15) is 0 Å². The normalized spacial score (nSPS) is 11.0. The fourth-order valence-corrected chi connectivity index (χ4v) is 2.57. The molecule has 3 aromatic rings. The molecule has 0 saturated carbocycles. The van der Waals surface area contributed by atoms with E-state index in [9.17, 15) is 14.7 Å². The number of nitrogens with one attached hydrogen (secondary N) is 1. The van der Waals surface area contributed by atoms with Gasteiger partial charge in [-0.25, -0.2) is 9.36 Å². The summed E-state index contributed by atoms with van der Waals surface area (Å²) in [6.45, 7) is 1.46. The average molecular weight is 347 g/mol. The lowest BCUT2D eigenvalue weighted by molar-refractivity contribution is 0.426. The number of aromatic nitrogens is 2. The van der Waals surface area contributed by atoms with Gasteiger partial charge >= 0.3 is 5.69 Å². The van der Waals surface area contributed by atoms with Crippen LogP contribution in [0.4, 0.5) is 0 Å². The summed E-state index contributed by atoms with van der Waals surface area (Å²) in [5.41, 5.74) is -0.657. The Morgan fingerprint density at radius 3 is 2.52 bits per heavy atom. The van der Waals surface area contributed by atoms with Crippen molar-refractivity contribution in [1.82, 2.24) is 9.55 Å². The lowest BCUT2D eigenvalue weighted by atomic mass is 10.1. The Hall–Kier alpha value is -2.34. The van der Waals surface area contributed by atoms with Crippen LogP contribution in [0.2, 0.25) is 0 Å². The average Bonchev–Trinajstić information content (AvgIpc) is 2.45. The maximum absolute atomic E-state index is 11.9. The summed E-state index contributed by atoms with van der Waals surface area (Å²) in [5, 5.41) is 12.0. The number of aromatic amines is 1. The van der Waals surface area contributed by atoms with Crippen molar-refractivity contribution in [2.45, 2.75) is 6.92 Å². The highest BCUT2D eigenvalue weighted by Crippen LogP contribution is 2.23. The van der Waals surface area contributed by atoms with E-state index in [1.54, 1.807) is 12.1 Å². The molecule has 2 aromatic carbocycles. The Bertz CT molecular complexity index is 973. The summed E-state index contributed by atoms with van der Waals surface area (Å²) in [6.07, 6.45) is 0. The quantitative estimate of drug-likeness (QED) is 0.710. The zero-order valence-electron chi connectivity index (χ0n) is 11.1. The molecule has 106 valence electrons. The molecule has 0 spiro atoms. The molecule has 1 heterocycles. The molecule has 0 bridgehead atoms. The minimum absolute atomic E-state index is 0.102. The first kappa shape index (κ1) is 13.6. The van der Waals surface area contributed by atoms with Gasteiger partial charge in [0, 0.05) is 4.47 Å². The molecule has 0 fully saturated rings. The minimum Gasteiger partial charge on any atom is -0.494 e. The van der Waals surface area contributed by atoms with Crippen molar-refractivity contribution in [1.29, 1.82) is 0 Å². The Kier molecular flexibility index (Phi) is 3.17. The molecule has 1 aromatic heterocycles. The summed E-state index contributed by atoms with van der Waals surface area (Å²) in [7, 11) is 0. The summed E-state index contributed by atoms with van der Waals surface area (Å²) in [6, 6.07) is 11.1. The van der Waals surface area contributed by atoms with Crippen LogP contribution in [0.5, 0.6) is 5.88 Å². The van der Waals surface area contributed by atoms with Crippen LogP contribution in [0.25, 0.3) is 16.5 Å². The van der Waals surface area contributed by atoms with Gasteiger partial charge in [-0.15, -0.1) is 0 Å². The predicted octanol–water partition coefficient (Wildman–Crippen LogP) is 2.46. The van der Waals surface area contributed by atoms with Gasteiger partial charge in [0.2, 0.25) is 5.88 Å². The van der Waals surface area contributed by atoms with E-state index in [1.807, 2.05) is 24.3 Å². The van der Waals surface area contributed by atoms with Crippen LogP contribution in [-0.2, 0) is 0 Å². The molecule has 0 atom stereocenters. The number of rotatable bonds is 1. The molecule has 0 aliphatic heterocycles. The second-order valence-electron chi connectivity index (χ2n) is 4.72. The number of aromatic hydroxyl groups is 1. The number of halogens is 1. The first-order valence-electron chi connectivity index (χ1n) is 6.22. The summed E-state index contributed by atoms with van der Waals surface area (Å²) >= 11 is 3.40. The van der Waals surface area contributed by atoms with Gasteiger partial charge in [-0.1, -0.05) is 28.1 Å². The van der Waals surface area contributed by atoms with Gasteiger partial charge < -0.3 is 5.11 Å². The van der Waals surface area contributed by atoms with Crippen LogP contribution in [0.3, 0.4) is 0 Å². The summed E-state index contributed by atoms with van der Waals surface area (Å²) < 4.78 is 2.04. The second kappa shape index (κ2) is 4.89. The lowest BCUT2D eigenvalue weighted by Crippen LogP contribution is -2.30. The third-order valence-electron chi connectivity index (χ3n) is 3.36. The topological polar surface area (TPSA) is 75.1 Å². The van der Waals surface area contributed by atoms with Crippen LogP contribution < -0.4 is 11.2 Å². The number of nitrogens with zero attached hydrogens (tertiary/aromatic N) is 1. The largest absolute Gasteiger partial charge is 0.494 e. The van der Waals surface area contributed by atoms with Gasteiger partial charge in [-0.3, -0.25) is 9.78 Å². The fraction of sp³-hybridized carbons (Fsp3) is 0.0667.